The number of para-hydroxylation sites is 1. The molecule has 3 rings (SSSR count). The van der Waals surface area contributed by atoms with Crippen LogP contribution in [-0.2, 0) is 13.7 Å². The molecule has 0 aliphatic heterocycles. The number of aliphatic hydroxyl groups is 1. The second-order valence-electron chi connectivity index (χ2n) is 6.86. The van der Waals surface area contributed by atoms with Crippen LogP contribution >= 0.6 is 23.4 Å². The molecule has 9 heteroatoms. The zero-order chi connectivity index (χ0) is 22.9. The lowest BCUT2D eigenvalue weighted by molar-refractivity contribution is 0.124. The number of allylic oxidation sites excluding steroid dienone is 1. The minimum atomic E-state index is -0.695. The molecule has 1 N–H and O–H groups in total. The van der Waals surface area contributed by atoms with E-state index in [1.807, 2.05) is 61.0 Å². The molecule has 32 heavy (non-hydrogen) atoms. The summed E-state index contributed by atoms with van der Waals surface area (Å²) in [4.78, 5) is 0. The molecule has 0 aliphatic carbocycles. The van der Waals surface area contributed by atoms with Gasteiger partial charge in [-0.25, -0.2) is 0 Å². The Labute approximate surface area is 197 Å². The van der Waals surface area contributed by atoms with Gasteiger partial charge in [-0.2, -0.15) is 0 Å². The van der Waals surface area contributed by atoms with Gasteiger partial charge in [-0.05, 0) is 36.8 Å². The lowest BCUT2D eigenvalue weighted by atomic mass is 10.2. The number of halogens is 1. The van der Waals surface area contributed by atoms with Crippen LogP contribution in [0.15, 0.2) is 53.7 Å². The molecule has 1 aromatic heterocycles. The number of benzene rings is 2. The van der Waals surface area contributed by atoms with Gasteiger partial charge in [0.15, 0.2) is 22.5 Å². The van der Waals surface area contributed by atoms with E-state index in [0.29, 0.717) is 39.0 Å². The Morgan fingerprint density at radius 1 is 1.12 bits per heavy atom. The fraction of sp³-hybridized carbons (Fsp3) is 0.304. The normalized spacial score (nSPS) is 12.2. The van der Waals surface area contributed by atoms with Crippen molar-refractivity contribution in [1.82, 2.24) is 14.8 Å². The van der Waals surface area contributed by atoms with Crippen LogP contribution in [0.3, 0.4) is 0 Å². The summed E-state index contributed by atoms with van der Waals surface area (Å²) in [5, 5.41) is 19.9. The molecule has 0 saturated carbocycles. The maximum absolute atomic E-state index is 10.4. The Morgan fingerprint density at radius 3 is 2.69 bits per heavy atom. The van der Waals surface area contributed by atoms with Gasteiger partial charge >= 0.3 is 0 Å². The molecule has 0 spiro atoms. The summed E-state index contributed by atoms with van der Waals surface area (Å²) in [7, 11) is 3.45. The highest BCUT2D eigenvalue weighted by molar-refractivity contribution is 7.99. The summed E-state index contributed by atoms with van der Waals surface area (Å²) in [6.07, 6.45) is 3.24. The quantitative estimate of drug-likeness (QED) is 0.405. The second-order valence-corrected chi connectivity index (χ2v) is 8.26. The van der Waals surface area contributed by atoms with Crippen molar-refractivity contribution >= 4 is 29.4 Å². The van der Waals surface area contributed by atoms with E-state index in [1.54, 1.807) is 19.2 Å². The Morgan fingerprint density at radius 2 is 1.94 bits per heavy atom. The second kappa shape index (κ2) is 11.8. The molecule has 0 saturated heterocycles. The topological polar surface area (TPSA) is 78.6 Å². The Bertz CT molecular complexity index is 1060. The molecule has 0 bridgehead atoms. The molecule has 3 aromatic rings. The maximum atomic E-state index is 10.4. The molecule has 7 nitrogen and oxygen atoms in total. The molecular formula is C23H26ClN3O4S. The van der Waals surface area contributed by atoms with Gasteiger partial charge in [0.2, 0.25) is 0 Å². The standard InChI is InChI=1S/C23H26ClN3O4S/c1-4-7-16-10-11-20(21(12-16)29-3)30-13-17(28)15-32-23-26-25-22(27(23)2)14-31-19-9-6-5-8-18(19)24/h4-12,17,28H,13-15H2,1-3H3/b7-4+. The van der Waals surface area contributed by atoms with E-state index in [2.05, 4.69) is 10.2 Å². The van der Waals surface area contributed by atoms with Crippen LogP contribution in [0.5, 0.6) is 17.2 Å². The van der Waals surface area contributed by atoms with E-state index in [-0.39, 0.29) is 13.2 Å². The van der Waals surface area contributed by atoms with Crippen molar-refractivity contribution in [3.63, 3.8) is 0 Å². The first kappa shape index (κ1) is 24.0. The van der Waals surface area contributed by atoms with Gasteiger partial charge < -0.3 is 23.9 Å². The van der Waals surface area contributed by atoms with E-state index >= 15 is 0 Å². The van der Waals surface area contributed by atoms with Crippen molar-refractivity contribution < 1.29 is 19.3 Å². The molecule has 0 fully saturated rings. The first-order valence-electron chi connectivity index (χ1n) is 10.0. The number of hydrogen-bond donors (Lipinski definition) is 1. The number of nitrogens with zero attached hydrogens (tertiary/aromatic N) is 3. The van der Waals surface area contributed by atoms with E-state index in [0.717, 1.165) is 5.56 Å². The molecule has 2 aromatic carbocycles. The molecule has 0 amide bonds. The predicted molar refractivity (Wildman–Crippen MR) is 127 cm³/mol. The Balaban J connectivity index is 1.50. The van der Waals surface area contributed by atoms with Crippen LogP contribution < -0.4 is 14.2 Å². The highest BCUT2D eigenvalue weighted by Gasteiger charge is 2.14. The minimum Gasteiger partial charge on any atom is -0.493 e. The van der Waals surface area contributed by atoms with Gasteiger partial charge in [0.25, 0.3) is 0 Å². The number of methoxy groups -OCH3 is 1. The smallest absolute Gasteiger partial charge is 0.191 e. The monoisotopic (exact) mass is 475 g/mol. The zero-order valence-electron chi connectivity index (χ0n) is 18.2. The average molecular weight is 476 g/mol. The van der Waals surface area contributed by atoms with Crippen LogP contribution in [0.2, 0.25) is 5.02 Å². The number of rotatable bonds is 11. The number of ether oxygens (including phenoxy) is 3. The lowest BCUT2D eigenvalue weighted by Gasteiger charge is -2.14. The molecule has 0 radical (unpaired) electrons. The van der Waals surface area contributed by atoms with E-state index < -0.39 is 6.10 Å². The van der Waals surface area contributed by atoms with Crippen LogP contribution in [0.25, 0.3) is 6.08 Å². The third-order valence-corrected chi connectivity index (χ3v) is 5.98. The molecule has 1 heterocycles. The third kappa shape index (κ3) is 6.41. The van der Waals surface area contributed by atoms with Gasteiger partial charge in [-0.3, -0.25) is 0 Å². The highest BCUT2D eigenvalue weighted by Crippen LogP contribution is 2.29. The van der Waals surface area contributed by atoms with Crippen LogP contribution in [0.4, 0.5) is 0 Å². The SMILES string of the molecule is C/C=C/c1ccc(OCC(O)CSc2nnc(COc3ccccc3Cl)n2C)c(OC)c1. The first-order valence-corrected chi connectivity index (χ1v) is 11.4. The summed E-state index contributed by atoms with van der Waals surface area (Å²) in [6, 6.07) is 12.9. The van der Waals surface area contributed by atoms with Crippen molar-refractivity contribution in [1.29, 1.82) is 0 Å². The maximum Gasteiger partial charge on any atom is 0.191 e. The third-order valence-electron chi connectivity index (χ3n) is 4.50. The lowest BCUT2D eigenvalue weighted by Crippen LogP contribution is -2.20. The summed E-state index contributed by atoms with van der Waals surface area (Å²) in [5.74, 6) is 2.85. The number of aromatic nitrogens is 3. The van der Waals surface area contributed by atoms with Crippen LogP contribution in [-0.4, -0.2) is 45.4 Å². The summed E-state index contributed by atoms with van der Waals surface area (Å²) < 4.78 is 18.7. The van der Waals surface area contributed by atoms with E-state index in [4.69, 9.17) is 25.8 Å². The fourth-order valence-corrected chi connectivity index (χ4v) is 3.83. The number of hydrogen-bond acceptors (Lipinski definition) is 7. The Kier molecular flexibility index (Phi) is 8.84. The van der Waals surface area contributed by atoms with Gasteiger partial charge in [0.05, 0.1) is 18.2 Å². The van der Waals surface area contributed by atoms with Gasteiger partial charge in [0, 0.05) is 12.8 Å². The van der Waals surface area contributed by atoms with Crippen molar-refractivity contribution in [2.24, 2.45) is 7.05 Å². The first-order chi connectivity index (χ1) is 15.5. The van der Waals surface area contributed by atoms with Crippen LogP contribution in [0, 0.1) is 0 Å². The molecule has 1 atom stereocenters. The van der Waals surface area contributed by atoms with Crippen LogP contribution in [0.1, 0.15) is 18.3 Å². The van der Waals surface area contributed by atoms with Crippen molar-refractivity contribution in [3.05, 3.63) is 65.0 Å². The van der Waals surface area contributed by atoms with Gasteiger partial charge in [-0.15, -0.1) is 10.2 Å². The largest absolute Gasteiger partial charge is 0.493 e. The van der Waals surface area contributed by atoms with Gasteiger partial charge in [0.1, 0.15) is 19.0 Å². The summed E-state index contributed by atoms with van der Waals surface area (Å²) in [5.41, 5.74) is 1.02. The summed E-state index contributed by atoms with van der Waals surface area (Å²) in [6.45, 7) is 2.33. The molecule has 0 aliphatic rings. The Hall–Kier alpha value is -2.68. The van der Waals surface area contributed by atoms with Crippen molar-refractivity contribution in [2.75, 3.05) is 19.5 Å². The summed E-state index contributed by atoms with van der Waals surface area (Å²) >= 11 is 7.50. The number of thioether (sulfide) groups is 1. The van der Waals surface area contributed by atoms with Crippen molar-refractivity contribution in [2.45, 2.75) is 24.8 Å². The van der Waals surface area contributed by atoms with E-state index in [1.165, 1.54) is 11.8 Å². The van der Waals surface area contributed by atoms with E-state index in [9.17, 15) is 5.11 Å². The molecule has 170 valence electrons. The van der Waals surface area contributed by atoms with Gasteiger partial charge in [-0.1, -0.05) is 53.7 Å². The molecular weight excluding hydrogens is 450 g/mol. The van der Waals surface area contributed by atoms with Crippen molar-refractivity contribution in [3.8, 4) is 17.2 Å². The predicted octanol–water partition coefficient (Wildman–Crippen LogP) is 4.62. The zero-order valence-corrected chi connectivity index (χ0v) is 19.8. The number of aliphatic hydroxyl groups excluding tert-OH is 1. The highest BCUT2D eigenvalue weighted by atomic mass is 35.5. The minimum absolute atomic E-state index is 0.132. The fourth-order valence-electron chi connectivity index (χ4n) is 2.80. The molecule has 1 unspecified atom stereocenters. The average Bonchev–Trinajstić information content (AvgIpc) is 3.15.